The molecule has 2 aliphatic heterocycles. The Hall–Kier alpha value is -1.14. The lowest BCUT2D eigenvalue weighted by Gasteiger charge is -2.28. The van der Waals surface area contributed by atoms with Gasteiger partial charge in [-0.2, -0.15) is 5.26 Å². The van der Waals surface area contributed by atoms with E-state index >= 15 is 0 Å². The summed E-state index contributed by atoms with van der Waals surface area (Å²) in [6.45, 7) is 1.81. The van der Waals surface area contributed by atoms with E-state index in [-0.39, 0.29) is 23.9 Å². The summed E-state index contributed by atoms with van der Waals surface area (Å²) in [4.78, 5) is 11.5. The zero-order valence-corrected chi connectivity index (χ0v) is 6.73. The molecule has 0 aromatic rings. The lowest BCUT2D eigenvalue weighted by atomic mass is 9.88. The molecule has 0 amide bonds. The minimum absolute atomic E-state index is 0.0174. The van der Waals surface area contributed by atoms with Gasteiger partial charge in [-0.05, 0) is 0 Å². The van der Waals surface area contributed by atoms with E-state index in [9.17, 15) is 4.79 Å². The maximum atomic E-state index is 11.5. The molecule has 1 fully saturated rings. The van der Waals surface area contributed by atoms with Crippen LogP contribution in [0.2, 0.25) is 0 Å². The fourth-order valence-corrected chi connectivity index (χ4v) is 1.71. The number of rotatable bonds is 0. The van der Waals surface area contributed by atoms with Gasteiger partial charge in [0.2, 0.25) is 0 Å². The van der Waals surface area contributed by atoms with Crippen molar-refractivity contribution < 1.29 is 9.53 Å². The first kappa shape index (κ1) is 7.51. The second-order valence-corrected chi connectivity index (χ2v) is 3.25. The van der Waals surface area contributed by atoms with Gasteiger partial charge in [-0.1, -0.05) is 19.1 Å². The highest BCUT2D eigenvalue weighted by atomic mass is 16.5. The number of carbonyl (C=O) groups is 1. The lowest BCUT2D eigenvalue weighted by molar-refractivity contribution is -0.140. The first-order valence-corrected chi connectivity index (χ1v) is 4.01. The maximum absolute atomic E-state index is 11.5. The van der Waals surface area contributed by atoms with Gasteiger partial charge in [0.25, 0.3) is 0 Å². The molecule has 0 aliphatic carbocycles. The monoisotopic (exact) mass is 163 g/mol. The van der Waals surface area contributed by atoms with E-state index in [1.54, 1.807) is 0 Å². The highest BCUT2D eigenvalue weighted by molar-refractivity contribution is 5.88. The summed E-state index contributed by atoms with van der Waals surface area (Å²) in [6, 6.07) is 1.99. The summed E-state index contributed by atoms with van der Waals surface area (Å²) in [6.07, 6.45) is 3.32. The molecule has 0 saturated carbocycles. The van der Waals surface area contributed by atoms with Crippen molar-refractivity contribution in [3.63, 3.8) is 0 Å². The van der Waals surface area contributed by atoms with E-state index in [2.05, 4.69) is 0 Å². The second kappa shape index (κ2) is 2.43. The van der Waals surface area contributed by atoms with E-state index in [4.69, 9.17) is 10.00 Å². The predicted octanol–water partition coefficient (Wildman–Crippen LogP) is 0.669. The van der Waals surface area contributed by atoms with Gasteiger partial charge < -0.3 is 4.74 Å². The summed E-state index contributed by atoms with van der Waals surface area (Å²) in [5.74, 6) is -0.733. The second-order valence-electron chi connectivity index (χ2n) is 3.25. The fraction of sp³-hybridized carbons (Fsp3) is 0.556. The van der Waals surface area contributed by atoms with Crippen LogP contribution >= 0.6 is 0 Å². The van der Waals surface area contributed by atoms with Crippen LogP contribution in [0, 0.1) is 23.2 Å². The van der Waals surface area contributed by atoms with E-state index in [0.29, 0.717) is 0 Å². The molecular weight excluding hydrogens is 154 g/mol. The number of fused-ring (bicyclic) bond motifs is 2. The van der Waals surface area contributed by atoms with Gasteiger partial charge in [0, 0.05) is 5.92 Å². The van der Waals surface area contributed by atoms with E-state index in [1.165, 1.54) is 0 Å². The van der Waals surface area contributed by atoms with Crippen molar-refractivity contribution >= 4 is 5.78 Å². The molecule has 1 saturated heterocycles. The van der Waals surface area contributed by atoms with Crippen LogP contribution in [0.1, 0.15) is 6.92 Å². The van der Waals surface area contributed by atoms with Crippen molar-refractivity contribution in [3.8, 4) is 6.07 Å². The summed E-state index contributed by atoms with van der Waals surface area (Å²) >= 11 is 0. The van der Waals surface area contributed by atoms with E-state index in [0.717, 1.165) is 0 Å². The van der Waals surface area contributed by atoms with Crippen molar-refractivity contribution in [2.45, 2.75) is 19.1 Å². The molecule has 0 radical (unpaired) electrons. The SMILES string of the molecule is CC1C(=O)C(C#N)C2C=CC1O2. The molecule has 0 aromatic heterocycles. The average Bonchev–Trinajstić information content (AvgIpc) is 2.49. The number of Topliss-reactive ketones (excluding diaryl/α,β-unsaturated/α-hetero) is 1. The van der Waals surface area contributed by atoms with Crippen LogP contribution in [0.4, 0.5) is 0 Å². The van der Waals surface area contributed by atoms with Gasteiger partial charge in [-0.25, -0.2) is 0 Å². The van der Waals surface area contributed by atoms with Gasteiger partial charge in [-0.15, -0.1) is 0 Å². The predicted molar refractivity (Wildman–Crippen MR) is 41.1 cm³/mol. The number of hydrogen-bond acceptors (Lipinski definition) is 3. The smallest absolute Gasteiger partial charge is 0.158 e. The van der Waals surface area contributed by atoms with Crippen LogP contribution in [-0.4, -0.2) is 18.0 Å². The average molecular weight is 163 g/mol. The standard InChI is InChI=1S/C9H9NO2/c1-5-7-2-3-8(12-7)6(4-10)9(5)11/h2-3,5-8H,1H3. The van der Waals surface area contributed by atoms with Crippen LogP contribution < -0.4 is 0 Å². The van der Waals surface area contributed by atoms with Gasteiger partial charge in [0.1, 0.15) is 5.92 Å². The summed E-state index contributed by atoms with van der Waals surface area (Å²) in [5.41, 5.74) is 0. The van der Waals surface area contributed by atoms with Crippen molar-refractivity contribution in [3.05, 3.63) is 12.2 Å². The third-order valence-electron chi connectivity index (χ3n) is 2.52. The molecule has 0 aromatic carbocycles. The molecule has 3 heteroatoms. The Morgan fingerprint density at radius 2 is 2.17 bits per heavy atom. The lowest BCUT2D eigenvalue weighted by Crippen LogP contribution is -2.41. The molecule has 2 heterocycles. The minimum Gasteiger partial charge on any atom is -0.364 e. The van der Waals surface area contributed by atoms with Crippen molar-refractivity contribution in [2.75, 3.05) is 0 Å². The Balaban J connectivity index is 2.33. The Labute approximate surface area is 70.6 Å². The first-order valence-electron chi connectivity index (χ1n) is 4.01. The van der Waals surface area contributed by atoms with Crippen LogP contribution in [0.15, 0.2) is 12.2 Å². The highest BCUT2D eigenvalue weighted by Gasteiger charge is 2.43. The number of nitrogens with zero attached hydrogens (tertiary/aromatic N) is 1. The molecule has 0 N–H and O–H groups in total. The third kappa shape index (κ3) is 0.819. The number of carbonyl (C=O) groups excluding carboxylic acids is 1. The van der Waals surface area contributed by atoms with Crippen molar-refractivity contribution in [1.29, 1.82) is 5.26 Å². The van der Waals surface area contributed by atoms with Gasteiger partial charge in [-0.3, -0.25) is 4.79 Å². The van der Waals surface area contributed by atoms with Crippen LogP contribution in [0.3, 0.4) is 0 Å². The highest BCUT2D eigenvalue weighted by Crippen LogP contribution is 2.32. The molecule has 62 valence electrons. The number of ketones is 1. The van der Waals surface area contributed by atoms with Crippen LogP contribution in [-0.2, 0) is 9.53 Å². The molecule has 0 spiro atoms. The first-order chi connectivity index (χ1) is 5.74. The van der Waals surface area contributed by atoms with Crippen molar-refractivity contribution in [2.24, 2.45) is 11.8 Å². The molecule has 2 aliphatic rings. The Bertz CT molecular complexity index is 289. The molecule has 2 rings (SSSR count). The largest absolute Gasteiger partial charge is 0.364 e. The number of ether oxygens (including phenoxy) is 1. The molecule has 3 nitrogen and oxygen atoms in total. The van der Waals surface area contributed by atoms with E-state index in [1.807, 2.05) is 25.1 Å². The summed E-state index contributed by atoms with van der Waals surface area (Å²) in [5, 5.41) is 8.71. The van der Waals surface area contributed by atoms with E-state index < -0.39 is 5.92 Å². The molecule has 4 unspecified atom stereocenters. The van der Waals surface area contributed by atoms with Gasteiger partial charge in [0.15, 0.2) is 5.78 Å². The van der Waals surface area contributed by atoms with Gasteiger partial charge >= 0.3 is 0 Å². The third-order valence-corrected chi connectivity index (χ3v) is 2.52. The maximum Gasteiger partial charge on any atom is 0.158 e. The summed E-state index contributed by atoms with van der Waals surface area (Å²) in [7, 11) is 0. The Morgan fingerprint density at radius 3 is 2.83 bits per heavy atom. The normalized spacial score (nSPS) is 44.5. The quantitative estimate of drug-likeness (QED) is 0.493. The zero-order valence-electron chi connectivity index (χ0n) is 6.73. The molecule has 2 bridgehead atoms. The Kier molecular flexibility index (Phi) is 1.52. The number of nitriles is 1. The van der Waals surface area contributed by atoms with Crippen LogP contribution in [0.5, 0.6) is 0 Å². The number of hydrogen-bond donors (Lipinski definition) is 0. The molecule has 4 atom stereocenters. The van der Waals surface area contributed by atoms with Crippen LogP contribution in [0.25, 0.3) is 0 Å². The Morgan fingerprint density at radius 1 is 1.50 bits per heavy atom. The molecule has 12 heavy (non-hydrogen) atoms. The topological polar surface area (TPSA) is 50.1 Å². The van der Waals surface area contributed by atoms with Gasteiger partial charge in [0.05, 0.1) is 18.3 Å². The molecular formula is C9H9NO2. The fourth-order valence-electron chi connectivity index (χ4n) is 1.71. The zero-order chi connectivity index (χ0) is 8.72. The van der Waals surface area contributed by atoms with Crippen molar-refractivity contribution in [1.82, 2.24) is 0 Å². The minimum atomic E-state index is -0.588. The summed E-state index contributed by atoms with van der Waals surface area (Å²) < 4.78 is 5.43.